The summed E-state index contributed by atoms with van der Waals surface area (Å²) in [6.45, 7) is 9.19. The maximum absolute atomic E-state index is 13.7. The Morgan fingerprint density at radius 2 is 1.93 bits per heavy atom. The molecule has 12 heteroatoms. The summed E-state index contributed by atoms with van der Waals surface area (Å²) in [5, 5.41) is 14.7. The molecule has 44 heavy (non-hydrogen) atoms. The van der Waals surface area contributed by atoms with Gasteiger partial charge in [0.1, 0.15) is 11.6 Å². The van der Waals surface area contributed by atoms with Gasteiger partial charge < -0.3 is 34.9 Å². The molecular formula is C32H41N9O3. The first kappa shape index (κ1) is 29.6. The summed E-state index contributed by atoms with van der Waals surface area (Å²) in [5.74, 6) is 1.83. The van der Waals surface area contributed by atoms with E-state index in [1.165, 1.54) is 0 Å². The number of aromatic nitrogens is 5. The van der Waals surface area contributed by atoms with E-state index in [0.29, 0.717) is 31.1 Å². The third-order valence-corrected chi connectivity index (χ3v) is 8.40. The monoisotopic (exact) mass is 599 g/mol. The number of carbonyl (C=O) groups is 1. The maximum atomic E-state index is 13.7. The molecule has 3 N–H and O–H groups in total. The van der Waals surface area contributed by atoms with Crippen LogP contribution in [0.1, 0.15) is 46.9 Å². The minimum absolute atomic E-state index is 0.139. The molecule has 0 bridgehead atoms. The van der Waals surface area contributed by atoms with Crippen molar-refractivity contribution in [2.24, 2.45) is 0 Å². The number of anilines is 4. The van der Waals surface area contributed by atoms with Crippen LogP contribution in [0.25, 0.3) is 5.82 Å². The first-order chi connectivity index (χ1) is 21.5. The standard InChI is InChI=1S/C32H41N9O3/c1-5-24-29(26(6-2)41(38-24)17-18-43-3)36-31(42)23-11-14-40-27(23)10-7-21-20-34-32(37-30(21)40)35-25-9-8-22(19-28(25)44-4)39-15-12-33-13-16-39/h8-9,11,14,19-20,33H,5-7,10,12-13,15-18H2,1-4H3,(H,36,42)(H,34,35,37). The number of rotatable bonds is 11. The van der Waals surface area contributed by atoms with E-state index < -0.39 is 0 Å². The minimum atomic E-state index is -0.139. The fraction of sp³-hybridized carbons (Fsp3) is 0.438. The zero-order valence-corrected chi connectivity index (χ0v) is 25.9. The molecule has 1 saturated heterocycles. The molecule has 1 fully saturated rings. The van der Waals surface area contributed by atoms with E-state index in [1.807, 2.05) is 33.8 Å². The number of nitrogens with zero attached hydrogens (tertiary/aromatic N) is 6. The molecule has 1 aromatic carbocycles. The SMILES string of the molecule is CCc1nn(CCOC)c(CC)c1NC(=O)c1ccn2c1CCc1cnc(Nc3ccc(N4CCNCC4)cc3OC)nc1-2. The largest absolute Gasteiger partial charge is 0.494 e. The highest BCUT2D eigenvalue weighted by Crippen LogP contribution is 2.33. The van der Waals surface area contributed by atoms with Gasteiger partial charge in [-0.2, -0.15) is 10.1 Å². The van der Waals surface area contributed by atoms with Crippen LogP contribution in [0.15, 0.2) is 36.7 Å². The number of fused-ring (bicyclic) bond motifs is 3. The van der Waals surface area contributed by atoms with Crippen LogP contribution in [0.4, 0.5) is 23.0 Å². The van der Waals surface area contributed by atoms with E-state index in [1.54, 1.807) is 14.2 Å². The lowest BCUT2D eigenvalue weighted by molar-refractivity contribution is 0.102. The molecule has 1 amide bonds. The number of amides is 1. The van der Waals surface area contributed by atoms with Gasteiger partial charge in [0, 0.05) is 68.7 Å². The van der Waals surface area contributed by atoms with E-state index in [-0.39, 0.29) is 5.91 Å². The summed E-state index contributed by atoms with van der Waals surface area (Å²) >= 11 is 0. The van der Waals surface area contributed by atoms with Crippen LogP contribution >= 0.6 is 0 Å². The molecule has 0 unspecified atom stereocenters. The molecule has 0 saturated carbocycles. The summed E-state index contributed by atoms with van der Waals surface area (Å²) in [7, 11) is 3.35. The van der Waals surface area contributed by atoms with E-state index >= 15 is 0 Å². The Labute approximate surface area is 257 Å². The van der Waals surface area contributed by atoms with Gasteiger partial charge in [0.05, 0.1) is 48.6 Å². The molecule has 6 rings (SSSR count). The normalized spacial score (nSPS) is 14.2. The topological polar surface area (TPSA) is 123 Å². The van der Waals surface area contributed by atoms with Crippen LogP contribution < -0.4 is 25.6 Å². The summed E-state index contributed by atoms with van der Waals surface area (Å²) in [6.07, 6.45) is 6.73. The van der Waals surface area contributed by atoms with Crippen molar-refractivity contribution in [2.45, 2.75) is 46.1 Å². The van der Waals surface area contributed by atoms with Gasteiger partial charge in [0.15, 0.2) is 0 Å². The second-order valence-electron chi connectivity index (χ2n) is 11.0. The summed E-state index contributed by atoms with van der Waals surface area (Å²) in [6, 6.07) is 8.03. The van der Waals surface area contributed by atoms with E-state index in [2.05, 4.69) is 51.8 Å². The molecule has 5 heterocycles. The average molecular weight is 600 g/mol. The quantitative estimate of drug-likeness (QED) is 0.237. The molecule has 0 radical (unpaired) electrons. The van der Waals surface area contributed by atoms with Crippen LogP contribution in [0.5, 0.6) is 5.75 Å². The molecule has 2 aliphatic rings. The first-order valence-electron chi connectivity index (χ1n) is 15.4. The first-order valence-corrected chi connectivity index (χ1v) is 15.4. The van der Waals surface area contributed by atoms with Gasteiger partial charge in [-0.05, 0) is 43.9 Å². The predicted molar refractivity (Wildman–Crippen MR) is 171 cm³/mol. The zero-order chi connectivity index (χ0) is 30.6. The molecule has 4 aromatic rings. The Bertz CT molecular complexity index is 1640. The Morgan fingerprint density at radius 3 is 2.68 bits per heavy atom. The lowest BCUT2D eigenvalue weighted by Crippen LogP contribution is -2.43. The van der Waals surface area contributed by atoms with Gasteiger partial charge in [0.25, 0.3) is 5.91 Å². The van der Waals surface area contributed by atoms with E-state index in [0.717, 1.165) is 96.7 Å². The van der Waals surface area contributed by atoms with Crippen LogP contribution in [0.3, 0.4) is 0 Å². The Balaban J connectivity index is 1.24. The van der Waals surface area contributed by atoms with Crippen molar-refractivity contribution in [3.05, 3.63) is 64.9 Å². The lowest BCUT2D eigenvalue weighted by atomic mass is 10.0. The second kappa shape index (κ2) is 13.1. The third kappa shape index (κ3) is 5.74. The van der Waals surface area contributed by atoms with Crippen LogP contribution in [-0.2, 0) is 37.0 Å². The van der Waals surface area contributed by atoms with Crippen LogP contribution in [-0.4, -0.2) is 77.2 Å². The van der Waals surface area contributed by atoms with Gasteiger partial charge in [0.2, 0.25) is 5.95 Å². The number of piperazine rings is 1. The fourth-order valence-electron chi connectivity index (χ4n) is 6.09. The Hall–Kier alpha value is -4.42. The van der Waals surface area contributed by atoms with Gasteiger partial charge >= 0.3 is 0 Å². The Morgan fingerprint density at radius 1 is 1.09 bits per heavy atom. The van der Waals surface area contributed by atoms with E-state index in [9.17, 15) is 4.79 Å². The summed E-state index contributed by atoms with van der Waals surface area (Å²) < 4.78 is 14.9. The molecule has 0 aliphatic carbocycles. The second-order valence-corrected chi connectivity index (χ2v) is 11.0. The molecule has 12 nitrogen and oxygen atoms in total. The molecule has 2 aliphatic heterocycles. The summed E-state index contributed by atoms with van der Waals surface area (Å²) in [5.41, 5.74) is 7.21. The molecule has 0 atom stereocenters. The van der Waals surface area contributed by atoms with Gasteiger partial charge in [-0.3, -0.25) is 9.48 Å². The lowest BCUT2D eigenvalue weighted by Gasteiger charge is -2.30. The highest BCUT2D eigenvalue weighted by molar-refractivity contribution is 6.06. The Kier molecular flexibility index (Phi) is 8.80. The van der Waals surface area contributed by atoms with Gasteiger partial charge in [-0.1, -0.05) is 13.8 Å². The van der Waals surface area contributed by atoms with E-state index in [4.69, 9.17) is 19.6 Å². The van der Waals surface area contributed by atoms with Gasteiger partial charge in [-0.25, -0.2) is 4.98 Å². The van der Waals surface area contributed by atoms with Crippen LogP contribution in [0.2, 0.25) is 0 Å². The predicted octanol–water partition coefficient (Wildman–Crippen LogP) is 3.75. The number of hydrogen-bond acceptors (Lipinski definition) is 9. The number of nitrogens with one attached hydrogen (secondary N) is 3. The fourth-order valence-corrected chi connectivity index (χ4v) is 6.09. The minimum Gasteiger partial charge on any atom is -0.494 e. The molecule has 232 valence electrons. The van der Waals surface area contributed by atoms with Crippen molar-refractivity contribution in [1.82, 2.24) is 29.6 Å². The smallest absolute Gasteiger partial charge is 0.257 e. The number of benzene rings is 1. The van der Waals surface area contributed by atoms with Crippen molar-refractivity contribution in [3.63, 3.8) is 0 Å². The maximum Gasteiger partial charge on any atom is 0.257 e. The highest BCUT2D eigenvalue weighted by Gasteiger charge is 2.26. The van der Waals surface area contributed by atoms with Crippen LogP contribution in [0, 0.1) is 0 Å². The zero-order valence-electron chi connectivity index (χ0n) is 25.9. The van der Waals surface area contributed by atoms with Crippen molar-refractivity contribution in [3.8, 4) is 11.6 Å². The number of methoxy groups -OCH3 is 2. The van der Waals surface area contributed by atoms with Gasteiger partial charge in [-0.15, -0.1) is 0 Å². The third-order valence-electron chi connectivity index (χ3n) is 8.40. The number of ether oxygens (including phenoxy) is 2. The van der Waals surface area contributed by atoms with Crippen molar-refractivity contribution >= 4 is 28.9 Å². The highest BCUT2D eigenvalue weighted by atomic mass is 16.5. The molecular weight excluding hydrogens is 558 g/mol. The van der Waals surface area contributed by atoms with Crippen molar-refractivity contribution in [2.75, 3.05) is 62.5 Å². The number of hydrogen-bond donors (Lipinski definition) is 3. The van der Waals surface area contributed by atoms with Crippen molar-refractivity contribution < 1.29 is 14.3 Å². The number of aryl methyl sites for hydroxylation is 2. The summed E-state index contributed by atoms with van der Waals surface area (Å²) in [4.78, 5) is 25.5. The molecule has 3 aromatic heterocycles. The molecule has 0 spiro atoms. The van der Waals surface area contributed by atoms with Crippen molar-refractivity contribution in [1.29, 1.82) is 0 Å². The number of carbonyl (C=O) groups excluding carboxylic acids is 1. The average Bonchev–Trinajstić information content (AvgIpc) is 3.65.